The number of rotatable bonds is 3. The lowest BCUT2D eigenvalue weighted by Crippen LogP contribution is -1.96. The monoisotopic (exact) mass is 309 g/mol. The zero-order valence-corrected chi connectivity index (χ0v) is 13.1. The smallest absolute Gasteiger partial charge is 0.194 e. The fourth-order valence-electron chi connectivity index (χ4n) is 3.15. The molecule has 0 spiro atoms. The van der Waals surface area contributed by atoms with Gasteiger partial charge in [0.2, 0.25) is 0 Å². The molecule has 3 aromatic rings. The number of thiazole rings is 1. The molecule has 1 aliphatic carbocycles. The Morgan fingerprint density at radius 3 is 2.86 bits per heavy atom. The van der Waals surface area contributed by atoms with Crippen LogP contribution in [0.4, 0.5) is 0 Å². The molecule has 110 valence electrons. The second-order valence-electron chi connectivity index (χ2n) is 5.41. The predicted octanol–water partition coefficient (Wildman–Crippen LogP) is 3.63. The van der Waals surface area contributed by atoms with E-state index in [9.17, 15) is 5.26 Å². The molecule has 5 heteroatoms. The molecule has 0 aliphatic heterocycles. The molecule has 0 saturated heterocycles. The van der Waals surface area contributed by atoms with Crippen molar-refractivity contribution in [3.05, 3.63) is 40.5 Å². The summed E-state index contributed by atoms with van der Waals surface area (Å²) in [5, 5.41) is 9.23. The minimum Gasteiger partial charge on any atom is -0.497 e. The molecule has 0 amide bonds. The van der Waals surface area contributed by atoms with Gasteiger partial charge in [0.05, 0.1) is 31.0 Å². The summed E-state index contributed by atoms with van der Waals surface area (Å²) in [5.41, 5.74) is 4.33. The van der Waals surface area contributed by atoms with Crippen LogP contribution < -0.4 is 4.74 Å². The molecule has 0 radical (unpaired) electrons. The number of nitriles is 1. The van der Waals surface area contributed by atoms with E-state index in [1.54, 1.807) is 18.4 Å². The number of hydrogen-bond acceptors (Lipinski definition) is 4. The first-order valence-electron chi connectivity index (χ1n) is 7.35. The highest BCUT2D eigenvalue weighted by Gasteiger charge is 2.23. The lowest BCUT2D eigenvalue weighted by Gasteiger charge is -2.04. The summed E-state index contributed by atoms with van der Waals surface area (Å²) in [4.78, 5) is 7.26. The van der Waals surface area contributed by atoms with Crippen molar-refractivity contribution in [3.8, 4) is 23.1 Å². The van der Waals surface area contributed by atoms with Gasteiger partial charge < -0.3 is 4.74 Å². The highest BCUT2D eigenvalue weighted by Crippen LogP contribution is 2.36. The number of aromatic nitrogens is 2. The van der Waals surface area contributed by atoms with E-state index in [0.29, 0.717) is 6.42 Å². The number of aryl methyl sites for hydroxylation is 2. The maximum absolute atomic E-state index is 9.23. The molecule has 0 atom stereocenters. The summed E-state index contributed by atoms with van der Waals surface area (Å²) in [6, 6.07) is 10.2. The molecular weight excluding hydrogens is 294 g/mol. The van der Waals surface area contributed by atoms with Gasteiger partial charge in [-0.1, -0.05) is 0 Å². The van der Waals surface area contributed by atoms with Crippen LogP contribution in [0.2, 0.25) is 0 Å². The van der Waals surface area contributed by atoms with Gasteiger partial charge in [0.15, 0.2) is 4.96 Å². The lowest BCUT2D eigenvalue weighted by molar-refractivity contribution is 0.415. The van der Waals surface area contributed by atoms with Crippen molar-refractivity contribution in [3.63, 3.8) is 0 Å². The number of methoxy groups -OCH3 is 1. The maximum atomic E-state index is 9.23. The average molecular weight is 309 g/mol. The number of benzene rings is 1. The van der Waals surface area contributed by atoms with Crippen molar-refractivity contribution in [2.24, 2.45) is 0 Å². The Labute approximate surface area is 132 Å². The van der Waals surface area contributed by atoms with Gasteiger partial charge in [0.1, 0.15) is 5.75 Å². The van der Waals surface area contributed by atoms with Gasteiger partial charge in [-0.3, -0.25) is 4.40 Å². The number of imidazole rings is 1. The maximum Gasteiger partial charge on any atom is 0.194 e. The van der Waals surface area contributed by atoms with E-state index in [-0.39, 0.29) is 0 Å². The van der Waals surface area contributed by atoms with Crippen molar-refractivity contribution in [1.82, 2.24) is 9.38 Å². The van der Waals surface area contributed by atoms with E-state index >= 15 is 0 Å². The number of fused-ring (bicyclic) bond motifs is 3. The van der Waals surface area contributed by atoms with E-state index in [0.717, 1.165) is 40.5 Å². The molecule has 0 saturated carbocycles. The molecule has 22 heavy (non-hydrogen) atoms. The van der Waals surface area contributed by atoms with Gasteiger partial charge in [-0.15, -0.1) is 11.3 Å². The van der Waals surface area contributed by atoms with Gasteiger partial charge >= 0.3 is 0 Å². The van der Waals surface area contributed by atoms with E-state index in [1.807, 2.05) is 24.3 Å². The summed E-state index contributed by atoms with van der Waals surface area (Å²) in [6.07, 6.45) is 3.82. The Morgan fingerprint density at radius 1 is 1.32 bits per heavy atom. The first kappa shape index (κ1) is 13.4. The number of hydrogen-bond donors (Lipinski definition) is 0. The van der Waals surface area contributed by atoms with Crippen LogP contribution in [0.1, 0.15) is 22.7 Å². The zero-order chi connectivity index (χ0) is 15.1. The van der Waals surface area contributed by atoms with Gasteiger partial charge in [-0.25, -0.2) is 4.98 Å². The minimum absolute atomic E-state index is 0.381. The SMILES string of the molecule is COc1ccc(-c2nc3sc4c(n3c2CC#N)CCC4)cc1. The van der Waals surface area contributed by atoms with Crippen LogP contribution >= 0.6 is 11.3 Å². The van der Waals surface area contributed by atoms with Gasteiger partial charge in [-0.2, -0.15) is 5.26 Å². The average Bonchev–Trinajstić information content (AvgIpc) is 3.19. The second-order valence-corrected chi connectivity index (χ2v) is 6.48. The standard InChI is InChI=1S/C17H15N3OS/c1-21-12-7-5-11(6-8-12)16-14(9-10-18)20-13-3-2-4-15(13)22-17(20)19-16/h5-8H,2-4,9H2,1H3. The molecule has 0 bridgehead atoms. The van der Waals surface area contributed by atoms with Crippen LogP contribution in [0.3, 0.4) is 0 Å². The molecule has 2 heterocycles. The lowest BCUT2D eigenvalue weighted by atomic mass is 10.1. The first-order valence-corrected chi connectivity index (χ1v) is 8.16. The Bertz CT molecular complexity index is 883. The third-order valence-electron chi connectivity index (χ3n) is 4.18. The van der Waals surface area contributed by atoms with Crippen LogP contribution in [-0.2, 0) is 19.3 Å². The summed E-state index contributed by atoms with van der Waals surface area (Å²) in [6.45, 7) is 0. The van der Waals surface area contributed by atoms with Gasteiger partial charge in [0.25, 0.3) is 0 Å². The van der Waals surface area contributed by atoms with Crippen LogP contribution in [0.25, 0.3) is 16.2 Å². The highest BCUT2D eigenvalue weighted by atomic mass is 32.1. The highest BCUT2D eigenvalue weighted by molar-refractivity contribution is 7.17. The van der Waals surface area contributed by atoms with Gasteiger partial charge in [0, 0.05) is 16.1 Å². The van der Waals surface area contributed by atoms with E-state index in [4.69, 9.17) is 9.72 Å². The number of nitrogens with zero attached hydrogens (tertiary/aromatic N) is 3. The Hall–Kier alpha value is -2.32. The Balaban J connectivity index is 1.91. The fraction of sp³-hybridized carbons (Fsp3) is 0.294. The molecule has 2 aromatic heterocycles. The van der Waals surface area contributed by atoms with Crippen LogP contribution in [-0.4, -0.2) is 16.5 Å². The molecular formula is C17H15N3OS. The normalized spacial score (nSPS) is 13.3. The minimum atomic E-state index is 0.381. The Morgan fingerprint density at radius 2 is 2.14 bits per heavy atom. The Kier molecular flexibility index (Phi) is 3.12. The van der Waals surface area contributed by atoms with E-state index < -0.39 is 0 Å². The van der Waals surface area contributed by atoms with Crippen molar-refractivity contribution >= 4 is 16.3 Å². The largest absolute Gasteiger partial charge is 0.497 e. The van der Waals surface area contributed by atoms with Crippen LogP contribution in [0.15, 0.2) is 24.3 Å². The van der Waals surface area contributed by atoms with Crippen LogP contribution in [0, 0.1) is 11.3 Å². The summed E-state index contributed by atoms with van der Waals surface area (Å²) in [5.74, 6) is 0.826. The molecule has 4 rings (SSSR count). The topological polar surface area (TPSA) is 50.3 Å². The summed E-state index contributed by atoms with van der Waals surface area (Å²) >= 11 is 1.77. The summed E-state index contributed by atoms with van der Waals surface area (Å²) in [7, 11) is 1.66. The quantitative estimate of drug-likeness (QED) is 0.742. The third kappa shape index (κ3) is 1.92. The third-order valence-corrected chi connectivity index (χ3v) is 5.32. The predicted molar refractivity (Wildman–Crippen MR) is 86.4 cm³/mol. The first-order chi connectivity index (χ1) is 10.8. The molecule has 1 aliphatic rings. The van der Waals surface area contributed by atoms with E-state index in [1.165, 1.54) is 17.0 Å². The van der Waals surface area contributed by atoms with Crippen LogP contribution in [0.5, 0.6) is 5.75 Å². The van der Waals surface area contributed by atoms with Gasteiger partial charge in [-0.05, 0) is 43.5 Å². The molecule has 4 nitrogen and oxygen atoms in total. The van der Waals surface area contributed by atoms with Crippen molar-refractivity contribution < 1.29 is 4.74 Å². The molecule has 0 N–H and O–H groups in total. The molecule has 1 aromatic carbocycles. The van der Waals surface area contributed by atoms with E-state index in [2.05, 4.69) is 10.5 Å². The van der Waals surface area contributed by atoms with Crippen molar-refractivity contribution in [1.29, 1.82) is 5.26 Å². The fourth-order valence-corrected chi connectivity index (χ4v) is 4.38. The molecule has 0 fully saturated rings. The molecule has 0 unspecified atom stereocenters. The number of ether oxygens (including phenoxy) is 1. The second kappa shape index (κ2) is 5.15. The zero-order valence-electron chi connectivity index (χ0n) is 12.3. The van der Waals surface area contributed by atoms with Crippen molar-refractivity contribution in [2.45, 2.75) is 25.7 Å². The van der Waals surface area contributed by atoms with Crippen molar-refractivity contribution in [2.75, 3.05) is 7.11 Å². The summed E-state index contributed by atoms with van der Waals surface area (Å²) < 4.78 is 7.43.